The Balaban J connectivity index is 0.000000758. The van der Waals surface area contributed by atoms with Gasteiger partial charge in [0, 0.05) is 34.6 Å². The number of fused-ring (bicyclic) bond motifs is 1. The Bertz CT molecular complexity index is 1800. The van der Waals surface area contributed by atoms with Gasteiger partial charge < -0.3 is 9.77 Å². The molecule has 0 amide bonds. The highest BCUT2D eigenvalue weighted by atomic mass is 35.5. The maximum Gasteiger partial charge on any atom is 0.291 e. The highest BCUT2D eigenvalue weighted by molar-refractivity contribution is 6.30. The van der Waals surface area contributed by atoms with E-state index < -0.39 is 5.09 Å². The predicted molar refractivity (Wildman–Crippen MR) is 155 cm³/mol. The summed E-state index contributed by atoms with van der Waals surface area (Å²) in [6.45, 7) is 0. The minimum absolute atomic E-state index is 0.0656. The van der Waals surface area contributed by atoms with Gasteiger partial charge in [-0.25, -0.2) is 4.98 Å². The molecule has 2 aromatic heterocycles. The summed E-state index contributed by atoms with van der Waals surface area (Å²) in [5.41, 5.74) is 5.71. The summed E-state index contributed by atoms with van der Waals surface area (Å²) < 4.78 is 3.86. The van der Waals surface area contributed by atoms with E-state index in [1.165, 1.54) is 0 Å². The van der Waals surface area contributed by atoms with E-state index in [4.69, 9.17) is 26.9 Å². The van der Waals surface area contributed by atoms with Crippen LogP contribution in [0, 0.1) is 10.1 Å². The molecule has 0 bridgehead atoms. The van der Waals surface area contributed by atoms with Crippen LogP contribution in [0.3, 0.4) is 0 Å². The molecule has 4 aromatic carbocycles. The van der Waals surface area contributed by atoms with Crippen LogP contribution in [-0.4, -0.2) is 24.4 Å². The van der Waals surface area contributed by atoms with Gasteiger partial charge >= 0.3 is 0 Å². The van der Waals surface area contributed by atoms with Crippen molar-refractivity contribution in [1.29, 1.82) is 0 Å². The van der Waals surface area contributed by atoms with Crippen molar-refractivity contribution in [3.63, 3.8) is 0 Å². The number of pyridine rings is 1. The lowest BCUT2D eigenvalue weighted by atomic mass is 9.94. The molecule has 40 heavy (non-hydrogen) atoms. The normalized spacial score (nSPS) is 11.4. The van der Waals surface area contributed by atoms with E-state index in [1.54, 1.807) is 16.8 Å². The lowest BCUT2D eigenvalue weighted by Crippen LogP contribution is -2.19. The Kier molecular flexibility index (Phi) is 7.70. The lowest BCUT2D eigenvalue weighted by molar-refractivity contribution is -0.742. The summed E-state index contributed by atoms with van der Waals surface area (Å²) in [5, 5.41) is 15.3. The fourth-order valence-electron chi connectivity index (χ4n) is 4.82. The van der Waals surface area contributed by atoms with Crippen LogP contribution in [-0.2, 0) is 0 Å². The van der Waals surface area contributed by atoms with Crippen molar-refractivity contribution >= 4 is 22.5 Å². The maximum atomic E-state index is 13.4. The van der Waals surface area contributed by atoms with E-state index in [0.29, 0.717) is 5.02 Å². The molecule has 0 spiro atoms. The Morgan fingerprint density at radius 2 is 1.48 bits per heavy atom. The first-order valence-corrected chi connectivity index (χ1v) is 12.7. The Morgan fingerprint density at radius 3 is 2.10 bits per heavy atom. The minimum Gasteiger partial charge on any atom is -0.328 e. The number of aromatic nitrogens is 3. The fraction of sp³-hybridized carbons (Fsp3) is 0.0323. The standard InChI is InChI=1S/C31H22ClN3O.HNO3/c32-25-14-11-23(12-15-25)31(34-18-17-33-21-34)24-13-16-29-28(19-24)27(22-7-3-1-4-8-22)20-30(36)35(29)26-9-5-2-6-10-26;2-1(3)4/h1-21,31H;(H,2,3,4). The second-order valence-corrected chi connectivity index (χ2v) is 9.35. The third kappa shape index (κ3) is 5.62. The molecule has 8 nitrogen and oxygen atoms in total. The number of rotatable bonds is 5. The highest BCUT2D eigenvalue weighted by Gasteiger charge is 2.19. The number of para-hydroxylation sites is 1. The summed E-state index contributed by atoms with van der Waals surface area (Å²) in [6.07, 6.45) is 5.57. The average molecular weight is 551 g/mol. The molecule has 0 radical (unpaired) electrons. The molecule has 1 N–H and O–H groups in total. The number of halogens is 1. The van der Waals surface area contributed by atoms with Crippen LogP contribution in [0.25, 0.3) is 27.7 Å². The van der Waals surface area contributed by atoms with Crippen LogP contribution < -0.4 is 5.56 Å². The largest absolute Gasteiger partial charge is 0.328 e. The molecule has 9 heteroatoms. The summed E-state index contributed by atoms with van der Waals surface area (Å²) in [5.74, 6) is 0. The minimum atomic E-state index is -1.50. The van der Waals surface area contributed by atoms with Crippen LogP contribution in [0.4, 0.5) is 0 Å². The lowest BCUT2D eigenvalue weighted by Gasteiger charge is -2.22. The maximum absolute atomic E-state index is 13.4. The van der Waals surface area contributed by atoms with Crippen molar-refractivity contribution in [1.82, 2.24) is 14.1 Å². The van der Waals surface area contributed by atoms with Crippen molar-refractivity contribution in [3.8, 4) is 16.8 Å². The number of nitrogens with zero attached hydrogens (tertiary/aromatic N) is 4. The number of benzene rings is 4. The van der Waals surface area contributed by atoms with E-state index in [9.17, 15) is 4.79 Å². The molecule has 1 unspecified atom stereocenters. The summed E-state index contributed by atoms with van der Waals surface area (Å²) >= 11 is 6.19. The first-order chi connectivity index (χ1) is 19.4. The van der Waals surface area contributed by atoms with E-state index in [-0.39, 0.29) is 11.6 Å². The third-order valence-electron chi connectivity index (χ3n) is 6.46. The average Bonchev–Trinajstić information content (AvgIpc) is 3.49. The van der Waals surface area contributed by atoms with Gasteiger partial charge in [-0.15, -0.1) is 10.1 Å². The zero-order valence-electron chi connectivity index (χ0n) is 21.0. The zero-order chi connectivity index (χ0) is 28.1. The summed E-state index contributed by atoms with van der Waals surface area (Å²) in [4.78, 5) is 26.1. The third-order valence-corrected chi connectivity index (χ3v) is 6.72. The van der Waals surface area contributed by atoms with E-state index in [0.717, 1.165) is 38.8 Å². The first kappa shape index (κ1) is 26.4. The summed E-state index contributed by atoms with van der Waals surface area (Å²) in [6, 6.07) is 35.7. The molecule has 0 fully saturated rings. The molecule has 6 aromatic rings. The van der Waals surface area contributed by atoms with Crippen molar-refractivity contribution in [2.24, 2.45) is 0 Å². The molecule has 198 valence electrons. The van der Waals surface area contributed by atoms with Crippen LogP contribution in [0.1, 0.15) is 17.2 Å². The second-order valence-electron chi connectivity index (χ2n) is 8.91. The van der Waals surface area contributed by atoms with Crippen LogP contribution in [0.5, 0.6) is 0 Å². The molecule has 0 aliphatic carbocycles. The van der Waals surface area contributed by atoms with Crippen LogP contribution >= 0.6 is 11.6 Å². The monoisotopic (exact) mass is 550 g/mol. The molecule has 0 aliphatic heterocycles. The number of imidazole rings is 1. The fourth-order valence-corrected chi connectivity index (χ4v) is 4.95. The number of hydrogen-bond donors (Lipinski definition) is 1. The van der Waals surface area contributed by atoms with E-state index in [2.05, 4.69) is 21.7 Å². The van der Waals surface area contributed by atoms with Gasteiger partial charge in [-0.1, -0.05) is 78.3 Å². The molecule has 0 saturated heterocycles. The number of hydrogen-bond acceptors (Lipinski definition) is 4. The van der Waals surface area contributed by atoms with Crippen molar-refractivity contribution in [2.45, 2.75) is 6.04 Å². The van der Waals surface area contributed by atoms with E-state index >= 15 is 0 Å². The Labute approximate surface area is 234 Å². The molecule has 2 heterocycles. The van der Waals surface area contributed by atoms with Crippen molar-refractivity contribution < 1.29 is 10.3 Å². The smallest absolute Gasteiger partial charge is 0.291 e. The van der Waals surface area contributed by atoms with Gasteiger partial charge in [0.1, 0.15) is 0 Å². The first-order valence-electron chi connectivity index (χ1n) is 12.3. The topological polar surface area (TPSA) is 103 Å². The van der Waals surface area contributed by atoms with Crippen molar-refractivity contribution in [2.75, 3.05) is 0 Å². The van der Waals surface area contributed by atoms with Gasteiger partial charge in [0.2, 0.25) is 0 Å². The van der Waals surface area contributed by atoms with Crippen LogP contribution in [0.15, 0.2) is 133 Å². The van der Waals surface area contributed by atoms with Gasteiger partial charge in [-0.3, -0.25) is 9.36 Å². The van der Waals surface area contributed by atoms with Crippen molar-refractivity contribution in [3.05, 3.63) is 165 Å². The van der Waals surface area contributed by atoms with Gasteiger partial charge in [0.05, 0.1) is 17.9 Å². The Hall–Kier alpha value is -5.21. The zero-order valence-corrected chi connectivity index (χ0v) is 21.8. The van der Waals surface area contributed by atoms with Gasteiger partial charge in [0.15, 0.2) is 0 Å². The molecule has 6 rings (SSSR count). The van der Waals surface area contributed by atoms with Gasteiger partial charge in [-0.05, 0) is 58.7 Å². The predicted octanol–water partition coefficient (Wildman–Crippen LogP) is 6.80. The quantitative estimate of drug-likeness (QED) is 0.188. The SMILES string of the molecule is O=[N+]([O-])O.O=c1cc(-c2ccccc2)c2cc(C(c3ccc(Cl)cc3)n3ccnc3)ccc2n1-c1ccccc1. The van der Waals surface area contributed by atoms with Gasteiger partial charge in [0.25, 0.3) is 10.6 Å². The molecule has 0 saturated carbocycles. The summed E-state index contributed by atoms with van der Waals surface area (Å²) in [7, 11) is 0. The van der Waals surface area contributed by atoms with Gasteiger partial charge in [-0.2, -0.15) is 0 Å². The molecule has 0 aliphatic rings. The second kappa shape index (κ2) is 11.7. The molecular formula is C31H23ClN4O4. The molecular weight excluding hydrogens is 528 g/mol. The Morgan fingerprint density at radius 1 is 0.850 bits per heavy atom. The van der Waals surface area contributed by atoms with Crippen LogP contribution in [0.2, 0.25) is 5.02 Å². The van der Waals surface area contributed by atoms with E-state index in [1.807, 2.05) is 104 Å². The molecule has 1 atom stereocenters. The highest BCUT2D eigenvalue weighted by Crippen LogP contribution is 2.34.